The van der Waals surface area contributed by atoms with Crippen LogP contribution in [-0.4, -0.2) is 80.6 Å². The van der Waals surface area contributed by atoms with Gasteiger partial charge in [-0.3, -0.25) is 9.59 Å². The third-order valence-corrected chi connectivity index (χ3v) is 8.67. The van der Waals surface area contributed by atoms with Gasteiger partial charge in [-0.1, -0.05) is 33.1 Å². The average Bonchev–Trinajstić information content (AvgIpc) is 3.75. The Morgan fingerprint density at radius 3 is 2.59 bits per heavy atom. The number of anilines is 4. The van der Waals surface area contributed by atoms with E-state index in [1.54, 1.807) is 30.3 Å². The summed E-state index contributed by atoms with van der Waals surface area (Å²) < 4.78 is 5.65. The lowest BCUT2D eigenvalue weighted by molar-refractivity contribution is -0.123. The number of amides is 2. The predicted octanol–water partition coefficient (Wildman–Crippen LogP) is 4.44. The maximum Gasteiger partial charge on any atom is 0.251 e. The van der Waals surface area contributed by atoms with Gasteiger partial charge in [-0.05, 0) is 63.4 Å². The highest BCUT2D eigenvalue weighted by Gasteiger charge is 2.55. The maximum absolute atomic E-state index is 13.4. The van der Waals surface area contributed by atoms with Gasteiger partial charge in [0.05, 0.1) is 24.4 Å². The molecule has 1 aliphatic heterocycles. The Labute approximate surface area is 243 Å². The van der Waals surface area contributed by atoms with Crippen molar-refractivity contribution in [3.63, 3.8) is 0 Å². The van der Waals surface area contributed by atoms with Crippen molar-refractivity contribution >= 4 is 35.0 Å². The molecule has 3 aliphatic rings. The molecular weight excluding hydrogens is 518 g/mol. The normalized spacial score (nSPS) is 18.8. The zero-order valence-electron chi connectivity index (χ0n) is 25.4. The highest BCUT2D eigenvalue weighted by molar-refractivity contribution is 6.03. The van der Waals surface area contributed by atoms with E-state index in [1.807, 2.05) is 27.2 Å². The summed E-state index contributed by atoms with van der Waals surface area (Å²) in [4.78, 5) is 42.2. The monoisotopic (exact) mass is 563 g/mol. The fraction of sp³-hybridized carbons (Fsp3) is 0.613. The molecule has 2 N–H and O–H groups in total. The summed E-state index contributed by atoms with van der Waals surface area (Å²) in [5.74, 6) is 1.79. The van der Waals surface area contributed by atoms with Gasteiger partial charge in [-0.15, -0.1) is 0 Å². The molecule has 1 aromatic heterocycles. The van der Waals surface area contributed by atoms with E-state index in [4.69, 9.17) is 9.72 Å². The van der Waals surface area contributed by atoms with Crippen molar-refractivity contribution in [1.82, 2.24) is 20.2 Å². The standard InChI is InChI=1S/C31H45N7O3/c1-30(2,19-36(3)4)18-33-27(39)21-12-13-23(25(16-21)41-6)34-29-32-17-24-26(35-29)38(22-10-8-7-9-11-22)20-31(14-15-31)28(40)37(24)5/h12-13,16-17,22H,7-11,14-15,18-20H2,1-6H3,(H,33,39)(H,32,34,35). The molecule has 1 spiro atoms. The molecule has 2 aliphatic carbocycles. The molecule has 10 heteroatoms. The van der Waals surface area contributed by atoms with Gasteiger partial charge in [0.15, 0.2) is 5.82 Å². The van der Waals surface area contributed by atoms with Crippen LogP contribution in [0.3, 0.4) is 0 Å². The maximum atomic E-state index is 13.4. The summed E-state index contributed by atoms with van der Waals surface area (Å²) in [7, 11) is 7.49. The van der Waals surface area contributed by atoms with E-state index in [1.165, 1.54) is 19.3 Å². The van der Waals surface area contributed by atoms with Crippen molar-refractivity contribution < 1.29 is 14.3 Å². The number of aromatic nitrogens is 2. The number of methoxy groups -OCH3 is 1. The largest absolute Gasteiger partial charge is 0.495 e. The number of rotatable bonds is 9. The summed E-state index contributed by atoms with van der Waals surface area (Å²) >= 11 is 0. The first-order chi connectivity index (χ1) is 19.5. The van der Waals surface area contributed by atoms with Crippen LogP contribution in [0, 0.1) is 10.8 Å². The average molecular weight is 564 g/mol. The molecule has 2 amide bonds. The summed E-state index contributed by atoms with van der Waals surface area (Å²) in [6.07, 6.45) is 9.50. The van der Waals surface area contributed by atoms with Crippen LogP contribution >= 0.6 is 0 Å². The van der Waals surface area contributed by atoms with Crippen LogP contribution in [0.15, 0.2) is 24.4 Å². The van der Waals surface area contributed by atoms with E-state index in [2.05, 4.69) is 39.3 Å². The molecule has 0 saturated heterocycles. The van der Waals surface area contributed by atoms with Gasteiger partial charge in [0.2, 0.25) is 11.9 Å². The number of ether oxygens (including phenoxy) is 1. The number of hydrogen-bond donors (Lipinski definition) is 2. The lowest BCUT2D eigenvalue weighted by atomic mass is 9.93. The second kappa shape index (κ2) is 11.5. The molecule has 0 bridgehead atoms. The van der Waals surface area contributed by atoms with Crippen LogP contribution in [0.2, 0.25) is 0 Å². The van der Waals surface area contributed by atoms with E-state index in [0.29, 0.717) is 42.1 Å². The minimum absolute atomic E-state index is 0.0588. The number of benzene rings is 1. The van der Waals surface area contributed by atoms with Gasteiger partial charge < -0.3 is 30.1 Å². The van der Waals surface area contributed by atoms with Gasteiger partial charge in [-0.2, -0.15) is 4.98 Å². The Morgan fingerprint density at radius 2 is 1.93 bits per heavy atom. The van der Waals surface area contributed by atoms with E-state index in [9.17, 15) is 9.59 Å². The highest BCUT2D eigenvalue weighted by Crippen LogP contribution is 2.52. The molecule has 0 unspecified atom stereocenters. The SMILES string of the molecule is COc1cc(C(=O)NCC(C)(C)CN(C)C)ccc1Nc1ncc2c(n1)N(C1CCCCC1)CC1(CC1)C(=O)N2C. The lowest BCUT2D eigenvalue weighted by Gasteiger charge is -2.36. The van der Waals surface area contributed by atoms with Crippen molar-refractivity contribution in [3.05, 3.63) is 30.0 Å². The number of carbonyl (C=O) groups is 2. The Morgan fingerprint density at radius 1 is 1.20 bits per heavy atom. The number of nitrogens with one attached hydrogen (secondary N) is 2. The number of nitrogens with zero attached hydrogens (tertiary/aromatic N) is 5. The van der Waals surface area contributed by atoms with Crippen molar-refractivity contribution in [1.29, 1.82) is 0 Å². The molecule has 2 heterocycles. The van der Waals surface area contributed by atoms with E-state index in [-0.39, 0.29) is 22.6 Å². The van der Waals surface area contributed by atoms with Crippen LogP contribution in [0.1, 0.15) is 69.2 Å². The molecule has 5 rings (SSSR count). The van der Waals surface area contributed by atoms with E-state index < -0.39 is 0 Å². The van der Waals surface area contributed by atoms with E-state index in [0.717, 1.165) is 43.7 Å². The fourth-order valence-corrected chi connectivity index (χ4v) is 6.42. The molecule has 41 heavy (non-hydrogen) atoms. The van der Waals surface area contributed by atoms with E-state index >= 15 is 0 Å². The van der Waals surface area contributed by atoms with Crippen molar-refractivity contribution in [2.75, 3.05) is 63.0 Å². The minimum Gasteiger partial charge on any atom is -0.495 e. The molecule has 0 atom stereocenters. The minimum atomic E-state index is -0.304. The summed E-state index contributed by atoms with van der Waals surface area (Å²) in [5, 5.41) is 6.37. The summed E-state index contributed by atoms with van der Waals surface area (Å²) in [5.41, 5.74) is 1.58. The Balaban J connectivity index is 1.38. The second-order valence-electron chi connectivity index (χ2n) is 13.1. The van der Waals surface area contributed by atoms with Gasteiger partial charge in [0.1, 0.15) is 11.4 Å². The Kier molecular flexibility index (Phi) is 8.14. The fourth-order valence-electron chi connectivity index (χ4n) is 6.42. The number of hydrogen-bond acceptors (Lipinski definition) is 8. The molecule has 2 aromatic rings. The van der Waals surface area contributed by atoms with Gasteiger partial charge >= 0.3 is 0 Å². The van der Waals surface area contributed by atoms with Crippen molar-refractivity contribution in [2.45, 2.75) is 64.8 Å². The first-order valence-electron chi connectivity index (χ1n) is 14.8. The van der Waals surface area contributed by atoms with Crippen LogP contribution < -0.4 is 25.2 Å². The van der Waals surface area contributed by atoms with Crippen LogP contribution in [0.4, 0.5) is 23.1 Å². The van der Waals surface area contributed by atoms with Crippen LogP contribution in [0.25, 0.3) is 0 Å². The quantitative estimate of drug-likeness (QED) is 0.462. The second-order valence-corrected chi connectivity index (χ2v) is 13.1. The predicted molar refractivity (Wildman–Crippen MR) is 162 cm³/mol. The molecule has 0 radical (unpaired) electrons. The number of carbonyl (C=O) groups excluding carboxylic acids is 2. The van der Waals surface area contributed by atoms with Crippen LogP contribution in [-0.2, 0) is 4.79 Å². The Bertz CT molecular complexity index is 1280. The van der Waals surface area contributed by atoms with Gasteiger partial charge in [0.25, 0.3) is 5.91 Å². The third-order valence-electron chi connectivity index (χ3n) is 8.67. The van der Waals surface area contributed by atoms with Crippen molar-refractivity contribution in [2.24, 2.45) is 10.8 Å². The highest BCUT2D eigenvalue weighted by atomic mass is 16.5. The first kappa shape index (κ1) is 29.1. The lowest BCUT2D eigenvalue weighted by Crippen LogP contribution is -2.43. The third kappa shape index (κ3) is 6.27. The van der Waals surface area contributed by atoms with Crippen molar-refractivity contribution in [3.8, 4) is 5.75 Å². The smallest absolute Gasteiger partial charge is 0.251 e. The molecule has 2 fully saturated rings. The molecular formula is C31H45N7O3. The first-order valence-corrected chi connectivity index (χ1v) is 14.8. The zero-order chi connectivity index (χ0) is 29.4. The summed E-state index contributed by atoms with van der Waals surface area (Å²) in [6.45, 7) is 6.40. The zero-order valence-corrected chi connectivity index (χ0v) is 25.4. The Hall–Kier alpha value is -3.40. The van der Waals surface area contributed by atoms with Gasteiger partial charge in [-0.25, -0.2) is 4.98 Å². The topological polar surface area (TPSA) is 103 Å². The molecule has 222 valence electrons. The summed E-state index contributed by atoms with van der Waals surface area (Å²) in [6, 6.07) is 5.70. The number of fused-ring (bicyclic) bond motifs is 1. The van der Waals surface area contributed by atoms with Crippen LogP contribution in [0.5, 0.6) is 5.75 Å². The molecule has 10 nitrogen and oxygen atoms in total. The molecule has 2 saturated carbocycles. The molecule has 1 aromatic carbocycles. The van der Waals surface area contributed by atoms with Gasteiger partial charge in [0, 0.05) is 38.3 Å².